The molecular formula is C8H4IN5. The van der Waals surface area contributed by atoms with Gasteiger partial charge in [-0.05, 0) is 22.6 Å². The molecule has 0 aromatic carbocycles. The van der Waals surface area contributed by atoms with Crippen LogP contribution in [0.2, 0.25) is 0 Å². The minimum Gasteiger partial charge on any atom is -0.259 e. The first-order valence-electron chi connectivity index (χ1n) is 3.72. The van der Waals surface area contributed by atoms with E-state index in [9.17, 15) is 0 Å². The Labute approximate surface area is 93.6 Å². The molecular weight excluding hydrogens is 293 g/mol. The van der Waals surface area contributed by atoms with E-state index in [4.69, 9.17) is 5.26 Å². The van der Waals surface area contributed by atoms with Crippen LogP contribution in [0.1, 0.15) is 5.82 Å². The summed E-state index contributed by atoms with van der Waals surface area (Å²) in [5.41, 5.74) is 0. The Morgan fingerprint density at radius 2 is 2.00 bits per heavy atom. The highest BCUT2D eigenvalue weighted by molar-refractivity contribution is 14.1. The third-order valence-corrected chi connectivity index (χ3v) is 2.12. The van der Waals surface area contributed by atoms with E-state index in [1.807, 2.05) is 6.07 Å². The number of imidazole rings is 1. The van der Waals surface area contributed by atoms with Gasteiger partial charge in [-0.15, -0.1) is 0 Å². The molecule has 0 N–H and O–H groups in total. The van der Waals surface area contributed by atoms with E-state index in [1.165, 1.54) is 4.57 Å². The fraction of sp³-hybridized carbons (Fsp3) is 0. The first-order valence-corrected chi connectivity index (χ1v) is 4.80. The lowest BCUT2D eigenvalue weighted by Crippen LogP contribution is -2.02. The molecule has 5 nitrogen and oxygen atoms in total. The molecule has 0 aliphatic rings. The monoisotopic (exact) mass is 297 g/mol. The average molecular weight is 297 g/mol. The predicted octanol–water partition coefficient (Wildman–Crippen LogP) is 1.14. The number of nitrogens with zero attached hydrogens (tertiary/aromatic N) is 5. The van der Waals surface area contributed by atoms with E-state index in [-0.39, 0.29) is 5.82 Å². The molecule has 0 saturated heterocycles. The maximum atomic E-state index is 8.73. The number of nitriles is 1. The van der Waals surface area contributed by atoms with Crippen molar-refractivity contribution in [3.05, 3.63) is 34.2 Å². The van der Waals surface area contributed by atoms with Gasteiger partial charge in [-0.3, -0.25) is 4.57 Å². The predicted molar refractivity (Wildman–Crippen MR) is 56.6 cm³/mol. The molecule has 14 heavy (non-hydrogen) atoms. The quantitative estimate of drug-likeness (QED) is 0.740. The van der Waals surface area contributed by atoms with Gasteiger partial charge in [0, 0.05) is 28.4 Å². The highest BCUT2D eigenvalue weighted by Crippen LogP contribution is 2.05. The molecule has 0 unspecified atom stereocenters. The molecule has 6 heteroatoms. The Balaban J connectivity index is 2.50. The van der Waals surface area contributed by atoms with Crippen LogP contribution in [0.4, 0.5) is 0 Å². The van der Waals surface area contributed by atoms with Crippen LogP contribution in [0.3, 0.4) is 0 Å². The molecule has 0 atom stereocenters. The lowest BCUT2D eigenvalue weighted by atomic mass is 10.6. The van der Waals surface area contributed by atoms with Gasteiger partial charge in [-0.2, -0.15) is 5.26 Å². The highest BCUT2D eigenvalue weighted by atomic mass is 127. The summed E-state index contributed by atoms with van der Waals surface area (Å²) in [6.07, 6.45) is 6.56. The first-order chi connectivity index (χ1) is 6.81. The summed E-state index contributed by atoms with van der Waals surface area (Å²) in [6, 6.07) is 1.96. The first kappa shape index (κ1) is 9.08. The van der Waals surface area contributed by atoms with Crippen molar-refractivity contribution in [3.8, 4) is 12.0 Å². The molecule has 2 aromatic rings. The van der Waals surface area contributed by atoms with Crippen LogP contribution in [-0.2, 0) is 0 Å². The van der Waals surface area contributed by atoms with Crippen LogP contribution >= 0.6 is 22.6 Å². The van der Waals surface area contributed by atoms with Gasteiger partial charge in [0.15, 0.2) is 0 Å². The van der Waals surface area contributed by atoms with Gasteiger partial charge in [-0.25, -0.2) is 15.0 Å². The zero-order chi connectivity index (χ0) is 9.97. The van der Waals surface area contributed by atoms with E-state index in [2.05, 4.69) is 37.5 Å². The van der Waals surface area contributed by atoms with Crippen molar-refractivity contribution in [2.45, 2.75) is 0 Å². The van der Waals surface area contributed by atoms with Gasteiger partial charge in [0.25, 0.3) is 0 Å². The van der Waals surface area contributed by atoms with E-state index in [0.717, 1.165) is 3.57 Å². The summed E-state index contributed by atoms with van der Waals surface area (Å²) in [6.45, 7) is 0. The summed E-state index contributed by atoms with van der Waals surface area (Å²) in [5.74, 6) is 0.741. The van der Waals surface area contributed by atoms with Crippen molar-refractivity contribution in [1.82, 2.24) is 19.5 Å². The summed E-state index contributed by atoms with van der Waals surface area (Å²) in [7, 11) is 0. The molecule has 0 fully saturated rings. The molecule has 2 aromatic heterocycles. The summed E-state index contributed by atoms with van der Waals surface area (Å²) in [4.78, 5) is 12.0. The second-order valence-corrected chi connectivity index (χ2v) is 3.68. The van der Waals surface area contributed by atoms with E-state index >= 15 is 0 Å². The van der Waals surface area contributed by atoms with Crippen molar-refractivity contribution in [1.29, 1.82) is 5.26 Å². The molecule has 68 valence electrons. The van der Waals surface area contributed by atoms with Gasteiger partial charge in [0.05, 0.1) is 0 Å². The fourth-order valence-electron chi connectivity index (χ4n) is 0.977. The van der Waals surface area contributed by atoms with Crippen LogP contribution in [0.25, 0.3) is 5.95 Å². The van der Waals surface area contributed by atoms with Crippen LogP contribution in [-0.4, -0.2) is 19.5 Å². The maximum Gasteiger partial charge on any atom is 0.235 e. The van der Waals surface area contributed by atoms with Gasteiger partial charge in [0.1, 0.15) is 6.07 Å². The second kappa shape index (κ2) is 3.71. The third kappa shape index (κ3) is 1.58. The minimum atomic E-state index is 0.284. The smallest absolute Gasteiger partial charge is 0.235 e. The second-order valence-electron chi connectivity index (χ2n) is 2.43. The van der Waals surface area contributed by atoms with Crippen molar-refractivity contribution in [2.75, 3.05) is 0 Å². The molecule has 2 heterocycles. The van der Waals surface area contributed by atoms with Crippen molar-refractivity contribution < 1.29 is 0 Å². The average Bonchev–Trinajstić information content (AvgIpc) is 2.67. The molecule has 0 aliphatic carbocycles. The number of hydrogen-bond donors (Lipinski definition) is 0. The lowest BCUT2D eigenvalue weighted by molar-refractivity contribution is 0.904. The molecule has 0 saturated carbocycles. The highest BCUT2D eigenvalue weighted by Gasteiger charge is 2.05. The van der Waals surface area contributed by atoms with Gasteiger partial charge in [0.2, 0.25) is 11.8 Å². The third-order valence-electron chi connectivity index (χ3n) is 1.56. The van der Waals surface area contributed by atoms with Crippen LogP contribution in [0, 0.1) is 14.9 Å². The molecule has 2 rings (SSSR count). The minimum absolute atomic E-state index is 0.284. The summed E-state index contributed by atoms with van der Waals surface area (Å²) in [5, 5.41) is 8.73. The number of rotatable bonds is 1. The number of hydrogen-bond acceptors (Lipinski definition) is 4. The van der Waals surface area contributed by atoms with Crippen LogP contribution in [0.15, 0.2) is 24.8 Å². The Hall–Kier alpha value is -1.49. The van der Waals surface area contributed by atoms with Crippen molar-refractivity contribution in [2.24, 2.45) is 0 Å². The van der Waals surface area contributed by atoms with Crippen LogP contribution < -0.4 is 0 Å². The standard InChI is InChI=1S/C8H4IN5/c9-6-4-12-8(13-5-6)14-2-1-11-7(14)3-10/h1-2,4-5H. The molecule has 0 radical (unpaired) electrons. The summed E-state index contributed by atoms with van der Waals surface area (Å²) >= 11 is 2.12. The van der Waals surface area contributed by atoms with Gasteiger partial charge in [-0.1, -0.05) is 0 Å². The molecule has 0 aliphatic heterocycles. The Bertz CT molecular complexity index is 481. The number of aromatic nitrogens is 4. The summed E-state index contributed by atoms with van der Waals surface area (Å²) < 4.78 is 2.49. The molecule has 0 spiro atoms. The lowest BCUT2D eigenvalue weighted by Gasteiger charge is -1.99. The van der Waals surface area contributed by atoms with Crippen LogP contribution in [0.5, 0.6) is 0 Å². The van der Waals surface area contributed by atoms with Crippen molar-refractivity contribution >= 4 is 22.6 Å². The normalized spacial score (nSPS) is 9.71. The van der Waals surface area contributed by atoms with Gasteiger partial charge >= 0.3 is 0 Å². The largest absolute Gasteiger partial charge is 0.259 e. The number of halogens is 1. The molecule has 0 bridgehead atoms. The zero-order valence-electron chi connectivity index (χ0n) is 6.92. The van der Waals surface area contributed by atoms with E-state index in [0.29, 0.717) is 5.95 Å². The van der Waals surface area contributed by atoms with E-state index in [1.54, 1.807) is 24.8 Å². The Morgan fingerprint density at radius 3 is 2.64 bits per heavy atom. The molecule has 0 amide bonds. The Morgan fingerprint density at radius 1 is 1.29 bits per heavy atom. The maximum absolute atomic E-state index is 8.73. The Kier molecular flexibility index (Phi) is 2.41. The fourth-order valence-corrected chi connectivity index (χ4v) is 1.26. The van der Waals surface area contributed by atoms with Crippen molar-refractivity contribution in [3.63, 3.8) is 0 Å². The van der Waals surface area contributed by atoms with Gasteiger partial charge < -0.3 is 0 Å². The SMILES string of the molecule is N#Cc1nccn1-c1ncc(I)cn1. The van der Waals surface area contributed by atoms with E-state index < -0.39 is 0 Å². The zero-order valence-corrected chi connectivity index (χ0v) is 9.08. The topological polar surface area (TPSA) is 67.4 Å².